The van der Waals surface area contributed by atoms with Crippen LogP contribution >= 0.6 is 43.2 Å². The Balaban J connectivity index is 1.70. The molecule has 0 aliphatic heterocycles. The van der Waals surface area contributed by atoms with Gasteiger partial charge in [-0.05, 0) is 60.2 Å². The van der Waals surface area contributed by atoms with Crippen LogP contribution in [0, 0.1) is 0 Å². The molecule has 1 aromatic heterocycles. The van der Waals surface area contributed by atoms with E-state index < -0.39 is 15.9 Å². The lowest BCUT2D eigenvalue weighted by molar-refractivity contribution is 0.0987. The number of fused-ring (bicyclic) bond motifs is 1. The van der Waals surface area contributed by atoms with E-state index >= 15 is 0 Å². The third kappa shape index (κ3) is 6.36. The molecule has 0 atom stereocenters. The van der Waals surface area contributed by atoms with Crippen LogP contribution in [0.3, 0.4) is 0 Å². The molecule has 0 radical (unpaired) electrons. The minimum absolute atomic E-state index is 0.0625. The van der Waals surface area contributed by atoms with Crippen molar-refractivity contribution in [3.8, 4) is 0 Å². The summed E-state index contributed by atoms with van der Waals surface area (Å²) in [5.74, 6) is -0.450. The lowest BCUT2D eigenvalue weighted by Gasteiger charge is -2.19. The number of carbonyl (C=O) groups is 1. The number of hydrogen-bond donors (Lipinski definition) is 0. The van der Waals surface area contributed by atoms with E-state index in [2.05, 4.69) is 55.1 Å². The normalized spacial score (nSPS) is 11.8. The smallest absolute Gasteiger partial charge is 0.267 e. The highest BCUT2D eigenvalue weighted by Gasteiger charge is 2.25. The predicted octanol–water partition coefficient (Wildman–Crippen LogP) is 6.86. The van der Waals surface area contributed by atoms with Crippen LogP contribution in [0.2, 0.25) is 0 Å². The van der Waals surface area contributed by atoms with Crippen LogP contribution in [0.1, 0.15) is 15.9 Å². The van der Waals surface area contributed by atoms with Gasteiger partial charge >= 0.3 is 0 Å². The minimum Gasteiger partial charge on any atom is -0.267 e. The highest BCUT2D eigenvalue weighted by atomic mass is 79.9. The van der Waals surface area contributed by atoms with Crippen molar-refractivity contribution < 1.29 is 13.2 Å². The summed E-state index contributed by atoms with van der Waals surface area (Å²) in [6.07, 6.45) is 4.60. The van der Waals surface area contributed by atoms with Crippen molar-refractivity contribution >= 4 is 80.7 Å². The average molecular weight is 674 g/mol. The van der Waals surface area contributed by atoms with Gasteiger partial charge in [0.15, 0.2) is 0 Å². The van der Waals surface area contributed by atoms with Gasteiger partial charge in [0.2, 0.25) is 15.2 Å². The third-order valence-corrected chi connectivity index (χ3v) is 9.17. The van der Waals surface area contributed by atoms with Gasteiger partial charge in [-0.1, -0.05) is 67.5 Å². The maximum atomic E-state index is 13.6. The van der Waals surface area contributed by atoms with Crippen LogP contribution in [0.4, 0.5) is 5.13 Å². The lowest BCUT2D eigenvalue weighted by atomic mass is 10.2. The molecular weight excluding hydrogens is 652 g/mol. The zero-order valence-electron chi connectivity index (χ0n) is 20.0. The summed E-state index contributed by atoms with van der Waals surface area (Å²) >= 11 is 8.20. The molecule has 0 aliphatic rings. The van der Waals surface area contributed by atoms with E-state index in [9.17, 15) is 13.2 Å². The molecule has 4 rings (SSSR count). The molecule has 0 aliphatic carbocycles. The summed E-state index contributed by atoms with van der Waals surface area (Å²) < 4.78 is 30.1. The largest absolute Gasteiger partial charge is 0.280 e. The molecule has 1 amide bonds. The van der Waals surface area contributed by atoms with E-state index in [4.69, 9.17) is 0 Å². The molecule has 0 unspecified atom stereocenters. The number of nitrogens with zero attached hydrogens (tertiary/aromatic N) is 4. The number of thiazole rings is 1. The fourth-order valence-electron chi connectivity index (χ4n) is 3.44. The van der Waals surface area contributed by atoms with Gasteiger partial charge < -0.3 is 0 Å². The Morgan fingerprint density at radius 2 is 1.58 bits per heavy atom. The summed E-state index contributed by atoms with van der Waals surface area (Å²) in [6, 6.07) is 18.9. The van der Waals surface area contributed by atoms with Crippen molar-refractivity contribution in [3.63, 3.8) is 0 Å². The average Bonchev–Trinajstić information content (AvgIpc) is 3.32. The number of anilines is 1. The van der Waals surface area contributed by atoms with Crippen LogP contribution in [-0.2, 0) is 10.0 Å². The summed E-state index contributed by atoms with van der Waals surface area (Å²) in [4.78, 5) is 18.3. The van der Waals surface area contributed by atoms with Crippen molar-refractivity contribution in [1.29, 1.82) is 0 Å². The molecule has 4 aromatic rings. The van der Waals surface area contributed by atoms with Crippen molar-refractivity contribution in [2.75, 3.05) is 18.1 Å². The van der Waals surface area contributed by atoms with E-state index in [0.29, 0.717) is 5.13 Å². The number of sulfonamides is 1. The third-order valence-electron chi connectivity index (χ3n) is 5.31. The molecule has 11 heteroatoms. The first-order valence-corrected chi connectivity index (χ1v) is 15.1. The quantitative estimate of drug-likeness (QED) is 0.105. The van der Waals surface area contributed by atoms with E-state index in [1.807, 2.05) is 42.5 Å². The van der Waals surface area contributed by atoms with Crippen molar-refractivity contribution in [1.82, 2.24) is 9.29 Å². The second-order valence-electron chi connectivity index (χ2n) is 7.95. The van der Waals surface area contributed by atoms with Gasteiger partial charge in [-0.15, -0.1) is 13.2 Å². The van der Waals surface area contributed by atoms with E-state index in [1.165, 1.54) is 57.1 Å². The van der Waals surface area contributed by atoms with Gasteiger partial charge in [0, 0.05) is 27.6 Å². The molecule has 0 N–H and O–H groups in total. The van der Waals surface area contributed by atoms with Gasteiger partial charge in [-0.2, -0.15) is 14.4 Å². The van der Waals surface area contributed by atoms with Gasteiger partial charge in [-0.25, -0.2) is 13.4 Å². The SMILES string of the molecule is C=CCN(CC=C)S(=O)(=O)c1ccc(C(=O)N(/N=C/c2ccc(Br)cc2)c2nc3ccc(Br)cc3s2)cc1. The maximum absolute atomic E-state index is 13.6. The highest BCUT2D eigenvalue weighted by Crippen LogP contribution is 2.32. The molecule has 0 fully saturated rings. The summed E-state index contributed by atoms with van der Waals surface area (Å²) in [7, 11) is -3.79. The second-order valence-corrected chi connectivity index (χ2v) is 12.7. The number of benzene rings is 3. The lowest BCUT2D eigenvalue weighted by Crippen LogP contribution is -2.31. The summed E-state index contributed by atoms with van der Waals surface area (Å²) in [6.45, 7) is 7.53. The molecule has 1 heterocycles. The number of rotatable bonds is 10. The van der Waals surface area contributed by atoms with Crippen LogP contribution in [0.25, 0.3) is 10.2 Å². The number of halogens is 2. The Morgan fingerprint density at radius 1 is 0.947 bits per heavy atom. The molecular formula is C27H22Br2N4O3S2. The molecule has 0 bridgehead atoms. The Morgan fingerprint density at radius 3 is 2.21 bits per heavy atom. The second kappa shape index (κ2) is 12.3. The fraction of sp³-hybridized carbons (Fsp3) is 0.0741. The number of amides is 1. The van der Waals surface area contributed by atoms with Gasteiger partial charge in [-0.3, -0.25) is 4.79 Å². The number of hydrogen-bond acceptors (Lipinski definition) is 6. The van der Waals surface area contributed by atoms with Crippen molar-refractivity contribution in [2.24, 2.45) is 5.10 Å². The standard InChI is InChI=1S/C27H22Br2N4O3S2/c1-3-15-32(16-4-2)38(35,36)23-12-7-20(8-13-23)26(34)33(30-18-19-5-9-21(28)10-6-19)27-31-24-14-11-22(29)17-25(24)37-27/h3-14,17-18H,1-2,15-16H2/b30-18+. The predicted molar refractivity (Wildman–Crippen MR) is 161 cm³/mol. The van der Waals surface area contributed by atoms with Crippen LogP contribution < -0.4 is 5.01 Å². The first kappa shape index (κ1) is 28.1. The molecule has 0 spiro atoms. The molecule has 0 saturated carbocycles. The monoisotopic (exact) mass is 672 g/mol. The molecule has 3 aromatic carbocycles. The zero-order chi connectivity index (χ0) is 27.3. The van der Waals surface area contributed by atoms with E-state index in [-0.39, 0.29) is 23.5 Å². The first-order chi connectivity index (χ1) is 18.2. The van der Waals surface area contributed by atoms with Gasteiger partial charge in [0.25, 0.3) is 5.91 Å². The fourth-order valence-corrected chi connectivity index (χ4v) is 6.56. The number of hydrazone groups is 1. The molecule has 0 saturated heterocycles. The number of carbonyl (C=O) groups excluding carboxylic acids is 1. The number of aromatic nitrogens is 1. The summed E-state index contributed by atoms with van der Waals surface area (Å²) in [5, 5.41) is 6.08. The molecule has 38 heavy (non-hydrogen) atoms. The Kier molecular flexibility index (Phi) is 9.06. The first-order valence-electron chi connectivity index (χ1n) is 11.2. The summed E-state index contributed by atoms with van der Waals surface area (Å²) in [5.41, 5.74) is 1.79. The van der Waals surface area contributed by atoms with Crippen LogP contribution in [-0.4, -0.2) is 42.9 Å². The van der Waals surface area contributed by atoms with E-state index in [1.54, 1.807) is 6.21 Å². The van der Waals surface area contributed by atoms with E-state index in [0.717, 1.165) is 24.7 Å². The Hall–Kier alpha value is -2.96. The maximum Gasteiger partial charge on any atom is 0.280 e. The van der Waals surface area contributed by atoms with Gasteiger partial charge in [0.1, 0.15) is 0 Å². The molecule has 194 valence electrons. The van der Waals surface area contributed by atoms with Crippen molar-refractivity contribution in [3.05, 3.63) is 112 Å². The minimum atomic E-state index is -3.79. The van der Waals surface area contributed by atoms with Crippen LogP contribution in [0.5, 0.6) is 0 Å². The molecule has 7 nitrogen and oxygen atoms in total. The zero-order valence-corrected chi connectivity index (χ0v) is 24.8. The highest BCUT2D eigenvalue weighted by molar-refractivity contribution is 9.10. The van der Waals surface area contributed by atoms with Gasteiger partial charge in [0.05, 0.1) is 21.3 Å². The van der Waals surface area contributed by atoms with Crippen molar-refractivity contribution in [2.45, 2.75) is 4.90 Å². The Bertz CT molecular complexity index is 1610. The topological polar surface area (TPSA) is 82.9 Å². The van der Waals surface area contributed by atoms with Crippen LogP contribution in [0.15, 0.2) is 111 Å². The Labute approximate surface area is 242 Å².